The molecule has 2 atom stereocenters. The van der Waals surface area contributed by atoms with Crippen molar-refractivity contribution in [2.45, 2.75) is 12.2 Å². The van der Waals surface area contributed by atoms with Gasteiger partial charge in [-0.05, 0) is 18.6 Å². The number of benzene rings is 1. The first-order valence-corrected chi connectivity index (χ1v) is 6.24. The van der Waals surface area contributed by atoms with Gasteiger partial charge in [0, 0.05) is 11.8 Å². The van der Waals surface area contributed by atoms with Gasteiger partial charge in [-0.25, -0.2) is 9.00 Å². The lowest BCUT2D eigenvalue weighted by Crippen LogP contribution is -2.10. The molecule has 0 aliphatic carbocycles. The second-order valence-corrected chi connectivity index (χ2v) is 4.85. The van der Waals surface area contributed by atoms with Crippen molar-refractivity contribution in [2.75, 3.05) is 20.0 Å². The van der Waals surface area contributed by atoms with E-state index in [0.29, 0.717) is 5.56 Å². The van der Waals surface area contributed by atoms with E-state index in [2.05, 4.69) is 4.74 Å². The number of ether oxygens (including phenoxy) is 2. The van der Waals surface area contributed by atoms with E-state index in [9.17, 15) is 9.00 Å². The molecule has 7 heteroatoms. The van der Waals surface area contributed by atoms with Gasteiger partial charge >= 0.3 is 5.97 Å². The van der Waals surface area contributed by atoms with Crippen LogP contribution in [-0.2, 0) is 15.8 Å². The zero-order valence-electron chi connectivity index (χ0n) is 10.3. The first kappa shape index (κ1) is 14.5. The lowest BCUT2D eigenvalue weighted by Gasteiger charge is -2.15. The summed E-state index contributed by atoms with van der Waals surface area (Å²) in [6.45, 7) is 1.54. The molecule has 0 bridgehead atoms. The Morgan fingerprint density at radius 3 is 2.50 bits per heavy atom. The van der Waals surface area contributed by atoms with E-state index in [0.717, 1.165) is 0 Å². The van der Waals surface area contributed by atoms with Crippen LogP contribution in [0, 0.1) is 0 Å². The largest absolute Gasteiger partial charge is 0.496 e. The third-order valence-electron chi connectivity index (χ3n) is 2.55. The minimum absolute atomic E-state index is 0.168. The lowest BCUT2D eigenvalue weighted by molar-refractivity contribution is 0.0597. The number of carbonyl (C=O) groups is 1. The number of methoxy groups -OCH3 is 2. The van der Waals surface area contributed by atoms with E-state index < -0.39 is 22.3 Å². The Labute approximate surface area is 107 Å². The minimum atomic E-state index is -2.08. The van der Waals surface area contributed by atoms with Crippen molar-refractivity contribution < 1.29 is 23.0 Å². The smallest absolute Gasteiger partial charge is 0.341 e. The predicted octanol–water partition coefficient (Wildman–Crippen LogP) is 1.35. The normalized spacial score (nSPS) is 13.8. The Hall–Kier alpha value is -1.60. The van der Waals surface area contributed by atoms with Gasteiger partial charge in [-0.15, -0.1) is 0 Å². The predicted molar refractivity (Wildman–Crippen MR) is 67.9 cm³/mol. The fraction of sp³-hybridized carbons (Fsp3) is 0.364. The van der Waals surface area contributed by atoms with E-state index in [1.54, 1.807) is 0 Å². The summed E-state index contributed by atoms with van der Waals surface area (Å²) in [6.07, 6.45) is 0. The zero-order valence-corrected chi connectivity index (χ0v) is 11.1. The number of anilines is 1. The van der Waals surface area contributed by atoms with E-state index in [-0.39, 0.29) is 17.0 Å². The summed E-state index contributed by atoms with van der Waals surface area (Å²) < 4.78 is 29.8. The topological polar surface area (TPSA) is 98.9 Å². The number of hydrogen-bond acceptors (Lipinski definition) is 5. The monoisotopic (exact) mass is 273 g/mol. The molecule has 2 unspecified atom stereocenters. The number of esters is 1. The van der Waals surface area contributed by atoms with Gasteiger partial charge in [0.25, 0.3) is 0 Å². The first-order valence-electron chi connectivity index (χ1n) is 5.07. The average Bonchev–Trinajstić information content (AvgIpc) is 2.36. The number of nitrogens with two attached hydrogens (primary N) is 1. The zero-order chi connectivity index (χ0) is 13.9. The minimum Gasteiger partial charge on any atom is -0.496 e. The summed E-state index contributed by atoms with van der Waals surface area (Å²) in [7, 11) is 2.64. The summed E-state index contributed by atoms with van der Waals surface area (Å²) in [5, 5.41) is -0.709. The molecule has 6 nitrogen and oxygen atoms in total. The van der Waals surface area contributed by atoms with Gasteiger partial charge in [0.1, 0.15) is 11.3 Å². The molecule has 0 amide bonds. The fourth-order valence-corrected chi connectivity index (χ4v) is 1.93. The Morgan fingerprint density at radius 2 is 2.06 bits per heavy atom. The second-order valence-electron chi connectivity index (χ2n) is 3.59. The molecule has 0 aromatic heterocycles. The van der Waals surface area contributed by atoms with Crippen LogP contribution in [0.2, 0.25) is 0 Å². The van der Waals surface area contributed by atoms with Crippen LogP contribution in [-0.4, -0.2) is 29.0 Å². The number of hydrogen-bond donors (Lipinski definition) is 2. The summed E-state index contributed by atoms with van der Waals surface area (Å²) in [6, 6.07) is 2.85. The molecule has 0 fully saturated rings. The standard InChI is InChI=1S/C11H15NO5S/c1-6(18(14)15)7-4-8(11(13)17-3)10(16-2)5-9(7)12/h4-6H,12H2,1-3H3,(H,14,15). The van der Waals surface area contributed by atoms with Gasteiger partial charge in [-0.2, -0.15) is 0 Å². The van der Waals surface area contributed by atoms with Gasteiger partial charge in [-0.3, -0.25) is 0 Å². The molecule has 0 radical (unpaired) electrons. The Kier molecular flexibility index (Phi) is 4.69. The van der Waals surface area contributed by atoms with Gasteiger partial charge in [0.2, 0.25) is 0 Å². The highest BCUT2D eigenvalue weighted by Crippen LogP contribution is 2.31. The molecule has 0 aliphatic rings. The highest BCUT2D eigenvalue weighted by Gasteiger charge is 2.21. The van der Waals surface area contributed by atoms with Crippen LogP contribution < -0.4 is 10.5 Å². The summed E-state index contributed by atoms with van der Waals surface area (Å²) in [5.41, 5.74) is 6.62. The number of rotatable bonds is 4. The van der Waals surface area contributed by atoms with Gasteiger partial charge in [0.15, 0.2) is 11.1 Å². The van der Waals surface area contributed by atoms with Crippen LogP contribution in [0.1, 0.15) is 28.1 Å². The number of carbonyl (C=O) groups excluding carboxylic acids is 1. The molecule has 18 heavy (non-hydrogen) atoms. The summed E-state index contributed by atoms with van der Waals surface area (Å²) in [5.74, 6) is -0.331. The van der Waals surface area contributed by atoms with Gasteiger partial charge in [-0.1, -0.05) is 0 Å². The lowest BCUT2D eigenvalue weighted by atomic mass is 10.1. The van der Waals surface area contributed by atoms with Crippen LogP contribution in [0.4, 0.5) is 5.69 Å². The molecule has 100 valence electrons. The third-order valence-corrected chi connectivity index (χ3v) is 3.41. The Balaban J connectivity index is 3.38. The van der Waals surface area contributed by atoms with Gasteiger partial charge < -0.3 is 19.8 Å². The maximum absolute atomic E-state index is 11.6. The van der Waals surface area contributed by atoms with Crippen molar-refractivity contribution in [1.82, 2.24) is 0 Å². The molecule has 0 heterocycles. The second kappa shape index (κ2) is 5.83. The van der Waals surface area contributed by atoms with E-state index >= 15 is 0 Å². The van der Waals surface area contributed by atoms with Crippen molar-refractivity contribution >= 4 is 22.7 Å². The maximum atomic E-state index is 11.6. The first-order chi connectivity index (χ1) is 8.42. The van der Waals surface area contributed by atoms with E-state index in [4.69, 9.17) is 15.0 Å². The number of nitrogen functional groups attached to an aromatic ring is 1. The van der Waals surface area contributed by atoms with Crippen LogP contribution >= 0.6 is 0 Å². The molecule has 0 aliphatic heterocycles. The molecule has 1 rings (SSSR count). The van der Waals surface area contributed by atoms with Crippen LogP contribution in [0.15, 0.2) is 12.1 Å². The Bertz CT molecular complexity index is 489. The highest BCUT2D eigenvalue weighted by atomic mass is 32.2. The third kappa shape index (κ3) is 2.80. The van der Waals surface area contributed by atoms with Crippen molar-refractivity contribution in [3.05, 3.63) is 23.3 Å². The quantitative estimate of drug-likeness (QED) is 0.488. The van der Waals surface area contributed by atoms with Crippen molar-refractivity contribution in [3.63, 3.8) is 0 Å². The maximum Gasteiger partial charge on any atom is 0.341 e. The summed E-state index contributed by atoms with van der Waals surface area (Å²) >= 11 is -2.08. The average molecular weight is 273 g/mol. The highest BCUT2D eigenvalue weighted by molar-refractivity contribution is 7.79. The molecule has 1 aromatic rings. The molecule has 0 saturated heterocycles. The molecule has 0 spiro atoms. The SMILES string of the molecule is COC(=O)c1cc(C(C)S(=O)O)c(N)cc1OC. The molecule has 0 saturated carbocycles. The van der Waals surface area contributed by atoms with Crippen molar-refractivity contribution in [1.29, 1.82) is 0 Å². The van der Waals surface area contributed by atoms with Crippen LogP contribution in [0.25, 0.3) is 0 Å². The van der Waals surface area contributed by atoms with Crippen molar-refractivity contribution in [3.8, 4) is 5.75 Å². The Morgan fingerprint density at radius 1 is 1.44 bits per heavy atom. The van der Waals surface area contributed by atoms with Gasteiger partial charge in [0.05, 0.1) is 19.5 Å². The van der Waals surface area contributed by atoms with Crippen LogP contribution in [0.3, 0.4) is 0 Å². The van der Waals surface area contributed by atoms with Crippen LogP contribution in [0.5, 0.6) is 5.75 Å². The van der Waals surface area contributed by atoms with Crippen molar-refractivity contribution in [2.24, 2.45) is 0 Å². The summed E-state index contributed by atoms with van der Waals surface area (Å²) in [4.78, 5) is 11.6. The van der Waals surface area contributed by atoms with E-state index in [1.807, 2.05) is 0 Å². The molecular weight excluding hydrogens is 258 g/mol. The fourth-order valence-electron chi connectivity index (χ4n) is 1.51. The molecule has 1 aromatic carbocycles. The molecule has 3 N–H and O–H groups in total. The molecular formula is C11H15NO5S. The van der Waals surface area contributed by atoms with E-state index in [1.165, 1.54) is 33.3 Å².